The van der Waals surface area contributed by atoms with E-state index in [1.165, 1.54) is 0 Å². The first-order valence-electron chi connectivity index (χ1n) is 8.42. The minimum absolute atomic E-state index is 0.0673. The van der Waals surface area contributed by atoms with Gasteiger partial charge in [-0.25, -0.2) is 9.97 Å². The van der Waals surface area contributed by atoms with Gasteiger partial charge in [0, 0.05) is 50.4 Å². The van der Waals surface area contributed by atoms with Crippen LogP contribution < -0.4 is 5.32 Å². The van der Waals surface area contributed by atoms with E-state index in [1.54, 1.807) is 12.4 Å². The normalized spacial score (nSPS) is 18.2. The first-order valence-corrected chi connectivity index (χ1v) is 8.42. The van der Waals surface area contributed by atoms with E-state index in [2.05, 4.69) is 20.2 Å². The summed E-state index contributed by atoms with van der Waals surface area (Å²) in [6.07, 6.45) is 3.77. The largest absolute Gasteiger partial charge is 0.396 e. The van der Waals surface area contributed by atoms with Gasteiger partial charge in [-0.2, -0.15) is 0 Å². The number of para-hydroxylation sites is 1. The molecule has 1 fully saturated rings. The predicted octanol–water partition coefficient (Wildman–Crippen LogP) is 1.36. The van der Waals surface area contributed by atoms with Gasteiger partial charge in [0.2, 0.25) is 5.95 Å². The van der Waals surface area contributed by atoms with Crippen molar-refractivity contribution in [2.75, 3.05) is 38.6 Å². The average molecular weight is 341 g/mol. The lowest BCUT2D eigenvalue weighted by Crippen LogP contribution is -2.53. The average Bonchev–Trinajstić information content (AvgIpc) is 2.65. The first-order chi connectivity index (χ1) is 12.2. The maximum Gasteiger partial charge on any atom is 0.257 e. The third kappa shape index (κ3) is 4.32. The number of likely N-dealkylation sites (N-methyl/N-ethyl adjacent to an activating group) is 1. The molecule has 1 aliphatic rings. The van der Waals surface area contributed by atoms with Crippen LogP contribution in [0.5, 0.6) is 0 Å². The molecule has 2 N–H and O–H groups in total. The van der Waals surface area contributed by atoms with E-state index in [9.17, 15) is 9.90 Å². The fraction of sp³-hybridized carbons (Fsp3) is 0.389. The molecule has 0 bridgehead atoms. The molecule has 3 rings (SSSR count). The van der Waals surface area contributed by atoms with Gasteiger partial charge >= 0.3 is 0 Å². The molecule has 7 nitrogen and oxygen atoms in total. The number of piperazine rings is 1. The monoisotopic (exact) mass is 341 g/mol. The molecule has 0 spiro atoms. The van der Waals surface area contributed by atoms with Crippen LogP contribution in [0.1, 0.15) is 16.8 Å². The lowest BCUT2D eigenvalue weighted by Gasteiger charge is -2.39. The molecule has 0 unspecified atom stereocenters. The van der Waals surface area contributed by atoms with Crippen LogP contribution in [0.4, 0.5) is 11.6 Å². The maximum atomic E-state index is 12.7. The number of carbonyl (C=O) groups is 1. The number of aliphatic hydroxyl groups excluding tert-OH is 1. The second kappa shape index (κ2) is 8.04. The highest BCUT2D eigenvalue weighted by molar-refractivity contribution is 5.93. The molecule has 1 aromatic heterocycles. The van der Waals surface area contributed by atoms with Crippen molar-refractivity contribution >= 4 is 17.5 Å². The molecule has 1 saturated heterocycles. The Balaban J connectivity index is 1.64. The minimum atomic E-state index is -0.0673. The summed E-state index contributed by atoms with van der Waals surface area (Å²) in [5, 5.41) is 12.3. The third-order valence-corrected chi connectivity index (χ3v) is 4.46. The zero-order valence-corrected chi connectivity index (χ0v) is 14.3. The number of benzene rings is 1. The number of nitrogens with zero attached hydrogens (tertiary/aromatic N) is 4. The number of hydrogen-bond acceptors (Lipinski definition) is 6. The van der Waals surface area contributed by atoms with Gasteiger partial charge in [0.25, 0.3) is 5.91 Å². The molecule has 0 saturated carbocycles. The van der Waals surface area contributed by atoms with Crippen molar-refractivity contribution in [3.8, 4) is 0 Å². The number of nitrogens with one attached hydrogen (secondary N) is 1. The van der Waals surface area contributed by atoms with E-state index in [4.69, 9.17) is 0 Å². The van der Waals surface area contributed by atoms with Crippen molar-refractivity contribution in [2.45, 2.75) is 12.5 Å². The molecule has 1 aromatic carbocycles. The van der Waals surface area contributed by atoms with E-state index >= 15 is 0 Å². The molecule has 1 atom stereocenters. The fourth-order valence-corrected chi connectivity index (χ4v) is 2.93. The van der Waals surface area contributed by atoms with Crippen LogP contribution in [-0.2, 0) is 0 Å². The SMILES string of the molecule is CN1CCN(C(=O)c2cnc(Nc3ccccc3)nc2)C[C@@H]1CCO. The van der Waals surface area contributed by atoms with Crippen molar-refractivity contribution in [1.29, 1.82) is 0 Å². The number of rotatable bonds is 5. The van der Waals surface area contributed by atoms with Crippen LogP contribution in [0, 0.1) is 0 Å². The second-order valence-electron chi connectivity index (χ2n) is 6.18. The highest BCUT2D eigenvalue weighted by Gasteiger charge is 2.27. The van der Waals surface area contributed by atoms with Gasteiger partial charge in [-0.3, -0.25) is 9.69 Å². The van der Waals surface area contributed by atoms with Crippen molar-refractivity contribution in [2.24, 2.45) is 0 Å². The van der Waals surface area contributed by atoms with Crippen molar-refractivity contribution in [3.05, 3.63) is 48.3 Å². The molecule has 2 heterocycles. The molecule has 0 radical (unpaired) electrons. The highest BCUT2D eigenvalue weighted by Crippen LogP contribution is 2.15. The summed E-state index contributed by atoms with van der Waals surface area (Å²) in [4.78, 5) is 25.1. The number of aromatic nitrogens is 2. The summed E-state index contributed by atoms with van der Waals surface area (Å²) in [5.74, 6) is 0.390. The summed E-state index contributed by atoms with van der Waals surface area (Å²) in [6.45, 7) is 2.20. The predicted molar refractivity (Wildman–Crippen MR) is 95.8 cm³/mol. The van der Waals surface area contributed by atoms with Gasteiger partial charge in [-0.15, -0.1) is 0 Å². The van der Waals surface area contributed by atoms with Crippen molar-refractivity contribution in [3.63, 3.8) is 0 Å². The Morgan fingerprint density at radius 3 is 2.64 bits per heavy atom. The molecule has 2 aromatic rings. The number of aliphatic hydroxyl groups is 1. The smallest absolute Gasteiger partial charge is 0.257 e. The van der Waals surface area contributed by atoms with Crippen molar-refractivity contribution in [1.82, 2.24) is 19.8 Å². The summed E-state index contributed by atoms with van der Waals surface area (Å²) in [5.41, 5.74) is 1.37. The van der Waals surface area contributed by atoms with Gasteiger partial charge in [0.1, 0.15) is 0 Å². The molecule has 1 aliphatic heterocycles. The van der Waals surface area contributed by atoms with Crippen molar-refractivity contribution < 1.29 is 9.90 Å². The second-order valence-corrected chi connectivity index (χ2v) is 6.18. The Bertz CT molecular complexity index is 692. The first kappa shape index (κ1) is 17.3. The van der Waals surface area contributed by atoms with Crippen LogP contribution in [0.2, 0.25) is 0 Å². The number of anilines is 2. The number of amides is 1. The maximum absolute atomic E-state index is 12.7. The zero-order chi connectivity index (χ0) is 17.6. The molecular formula is C18H23N5O2. The van der Waals surface area contributed by atoms with Crippen LogP contribution in [0.15, 0.2) is 42.7 Å². The van der Waals surface area contributed by atoms with Gasteiger partial charge < -0.3 is 15.3 Å². The molecule has 7 heteroatoms. The van der Waals surface area contributed by atoms with Gasteiger partial charge in [-0.1, -0.05) is 18.2 Å². The summed E-state index contributed by atoms with van der Waals surface area (Å²) in [6, 6.07) is 9.82. The Morgan fingerprint density at radius 1 is 1.24 bits per heavy atom. The number of hydrogen-bond donors (Lipinski definition) is 2. The van der Waals surface area contributed by atoms with E-state index in [-0.39, 0.29) is 18.6 Å². The third-order valence-electron chi connectivity index (χ3n) is 4.46. The topological polar surface area (TPSA) is 81.6 Å². The minimum Gasteiger partial charge on any atom is -0.396 e. The van der Waals surface area contributed by atoms with E-state index in [0.717, 1.165) is 12.2 Å². The van der Waals surface area contributed by atoms with Gasteiger partial charge in [0.15, 0.2) is 0 Å². The highest BCUT2D eigenvalue weighted by atomic mass is 16.3. The summed E-state index contributed by atoms with van der Waals surface area (Å²) in [7, 11) is 2.02. The standard InChI is InChI=1S/C18H23N5O2/c1-22-8-9-23(13-16(22)7-10-24)17(25)14-11-19-18(20-12-14)21-15-5-3-2-4-6-15/h2-6,11-12,16,24H,7-10,13H2,1H3,(H,19,20,21)/t16-/m0/s1. The van der Waals surface area contributed by atoms with Crippen LogP contribution in [-0.4, -0.2) is 70.1 Å². The number of carbonyl (C=O) groups excluding carboxylic acids is 1. The zero-order valence-electron chi connectivity index (χ0n) is 14.3. The quantitative estimate of drug-likeness (QED) is 0.855. The Hall–Kier alpha value is -2.51. The summed E-state index contributed by atoms with van der Waals surface area (Å²) < 4.78 is 0. The van der Waals surface area contributed by atoms with Crippen LogP contribution in [0.25, 0.3) is 0 Å². The molecular weight excluding hydrogens is 318 g/mol. The molecule has 0 aliphatic carbocycles. The lowest BCUT2D eigenvalue weighted by atomic mass is 10.1. The Kier molecular flexibility index (Phi) is 5.57. The van der Waals surface area contributed by atoms with Gasteiger partial charge in [0.05, 0.1) is 5.56 Å². The van der Waals surface area contributed by atoms with Crippen LogP contribution >= 0.6 is 0 Å². The Morgan fingerprint density at radius 2 is 1.96 bits per heavy atom. The molecule has 1 amide bonds. The van der Waals surface area contributed by atoms with E-state index in [1.807, 2.05) is 42.3 Å². The van der Waals surface area contributed by atoms with Gasteiger partial charge in [-0.05, 0) is 25.6 Å². The molecule has 132 valence electrons. The lowest BCUT2D eigenvalue weighted by molar-refractivity contribution is 0.0500. The fourth-order valence-electron chi connectivity index (χ4n) is 2.93. The van der Waals surface area contributed by atoms with E-state index < -0.39 is 0 Å². The molecule has 25 heavy (non-hydrogen) atoms. The van der Waals surface area contributed by atoms with Crippen LogP contribution in [0.3, 0.4) is 0 Å². The summed E-state index contributed by atoms with van der Waals surface area (Å²) >= 11 is 0. The Labute approximate surface area is 147 Å². The van der Waals surface area contributed by atoms with E-state index in [0.29, 0.717) is 31.0 Å².